The van der Waals surface area contributed by atoms with Crippen LogP contribution in [0.5, 0.6) is 0 Å². The van der Waals surface area contributed by atoms with Gasteiger partial charge in [0.2, 0.25) is 0 Å². The minimum absolute atomic E-state index is 0.120. The summed E-state index contributed by atoms with van der Waals surface area (Å²) < 4.78 is 0. The monoisotopic (exact) mass is 404 g/mol. The average molecular weight is 404 g/mol. The molecule has 0 saturated carbocycles. The first-order valence-corrected chi connectivity index (χ1v) is 10.1. The number of nitrogens with one attached hydrogen (secondary N) is 1. The van der Waals surface area contributed by atoms with Crippen LogP contribution in [0.1, 0.15) is 22.6 Å². The lowest BCUT2D eigenvalue weighted by Crippen LogP contribution is -2.08. The molecule has 0 aliphatic carbocycles. The molecule has 31 heavy (non-hydrogen) atoms. The zero-order valence-corrected chi connectivity index (χ0v) is 16.8. The van der Waals surface area contributed by atoms with Gasteiger partial charge in [-0.15, -0.1) is 0 Å². The fourth-order valence-corrected chi connectivity index (χ4v) is 3.71. The molecular formula is C25H20N6. The summed E-state index contributed by atoms with van der Waals surface area (Å²) in [5.74, 6) is 0.943. The van der Waals surface area contributed by atoms with Gasteiger partial charge in [0, 0.05) is 55.0 Å². The van der Waals surface area contributed by atoms with Gasteiger partial charge in [0.1, 0.15) is 5.82 Å². The summed E-state index contributed by atoms with van der Waals surface area (Å²) in [4.78, 5) is 22.0. The van der Waals surface area contributed by atoms with Crippen molar-refractivity contribution < 1.29 is 0 Å². The number of aromatic nitrogens is 5. The normalized spacial score (nSPS) is 11.0. The Morgan fingerprint density at radius 3 is 2.10 bits per heavy atom. The van der Waals surface area contributed by atoms with E-state index in [4.69, 9.17) is 0 Å². The van der Waals surface area contributed by atoms with Gasteiger partial charge in [-0.25, -0.2) is 4.98 Å². The van der Waals surface area contributed by atoms with E-state index in [9.17, 15) is 0 Å². The Kier molecular flexibility index (Phi) is 5.26. The van der Waals surface area contributed by atoms with Crippen LogP contribution in [0.2, 0.25) is 0 Å². The standard InChI is InChI=1S/C25H20N6/c1-5-19(16-26-9-1)22(20-6-2-10-27-17-20)14-18-4-3-11-30-25(18)31-21-7-8-23-24(15-21)29-13-12-28-23/h1-13,15-17,22H,14H2,(H,30,31). The van der Waals surface area contributed by atoms with E-state index in [0.29, 0.717) is 0 Å². The molecule has 0 aliphatic rings. The molecule has 1 N–H and O–H groups in total. The van der Waals surface area contributed by atoms with E-state index in [1.165, 1.54) is 0 Å². The highest BCUT2D eigenvalue weighted by Crippen LogP contribution is 2.30. The molecule has 0 saturated heterocycles. The second-order valence-electron chi connectivity index (χ2n) is 7.23. The van der Waals surface area contributed by atoms with E-state index < -0.39 is 0 Å². The fourth-order valence-electron chi connectivity index (χ4n) is 3.71. The first-order chi connectivity index (χ1) is 15.4. The van der Waals surface area contributed by atoms with Crippen LogP contribution in [0, 0.1) is 0 Å². The molecule has 0 bridgehead atoms. The lowest BCUT2D eigenvalue weighted by Gasteiger charge is -2.19. The first-order valence-electron chi connectivity index (χ1n) is 10.1. The van der Waals surface area contributed by atoms with E-state index >= 15 is 0 Å². The Labute approximate surface area is 180 Å². The Morgan fingerprint density at radius 1 is 0.677 bits per heavy atom. The molecule has 0 amide bonds. The number of rotatable bonds is 6. The second kappa shape index (κ2) is 8.67. The summed E-state index contributed by atoms with van der Waals surface area (Å²) in [6, 6.07) is 18.2. The molecule has 0 atom stereocenters. The van der Waals surface area contributed by atoms with Crippen LogP contribution in [0.15, 0.2) is 98.0 Å². The number of fused-ring (bicyclic) bond motifs is 1. The lowest BCUT2D eigenvalue weighted by atomic mass is 9.87. The van der Waals surface area contributed by atoms with Gasteiger partial charge in [-0.2, -0.15) is 0 Å². The molecule has 4 aromatic heterocycles. The van der Waals surface area contributed by atoms with Crippen molar-refractivity contribution in [1.29, 1.82) is 0 Å². The quantitative estimate of drug-likeness (QED) is 0.432. The number of anilines is 2. The third-order valence-electron chi connectivity index (χ3n) is 5.22. The number of hydrogen-bond acceptors (Lipinski definition) is 6. The lowest BCUT2D eigenvalue weighted by molar-refractivity contribution is 0.793. The topological polar surface area (TPSA) is 76.5 Å². The minimum atomic E-state index is 0.120. The van der Waals surface area contributed by atoms with Crippen LogP contribution >= 0.6 is 0 Å². The number of benzene rings is 1. The Bertz CT molecular complexity index is 1250. The average Bonchev–Trinajstić information content (AvgIpc) is 2.84. The van der Waals surface area contributed by atoms with Gasteiger partial charge in [0.25, 0.3) is 0 Å². The third-order valence-corrected chi connectivity index (χ3v) is 5.22. The first kappa shape index (κ1) is 18.8. The summed E-state index contributed by atoms with van der Waals surface area (Å²) in [7, 11) is 0. The highest BCUT2D eigenvalue weighted by Gasteiger charge is 2.18. The third kappa shape index (κ3) is 4.23. The molecule has 0 unspecified atom stereocenters. The molecule has 6 nitrogen and oxygen atoms in total. The van der Waals surface area contributed by atoms with Gasteiger partial charge in [-0.1, -0.05) is 18.2 Å². The number of nitrogens with zero attached hydrogens (tertiary/aromatic N) is 5. The van der Waals surface area contributed by atoms with Crippen LogP contribution in [0.4, 0.5) is 11.5 Å². The van der Waals surface area contributed by atoms with Gasteiger partial charge >= 0.3 is 0 Å². The van der Waals surface area contributed by atoms with Crippen molar-refractivity contribution in [3.63, 3.8) is 0 Å². The maximum atomic E-state index is 4.62. The van der Waals surface area contributed by atoms with Gasteiger partial charge in [-0.05, 0) is 59.5 Å². The van der Waals surface area contributed by atoms with Gasteiger partial charge in [0.05, 0.1) is 11.0 Å². The van der Waals surface area contributed by atoms with Crippen LogP contribution < -0.4 is 5.32 Å². The number of hydrogen-bond donors (Lipinski definition) is 1. The highest BCUT2D eigenvalue weighted by atomic mass is 15.0. The summed E-state index contributed by atoms with van der Waals surface area (Å²) in [5.41, 5.74) is 6.03. The maximum absolute atomic E-state index is 4.62. The Balaban J connectivity index is 1.48. The summed E-state index contributed by atoms with van der Waals surface area (Å²) in [6.07, 6.45) is 13.4. The Hall–Kier alpha value is -4.19. The van der Waals surface area contributed by atoms with Crippen molar-refractivity contribution in [3.8, 4) is 0 Å². The molecular weight excluding hydrogens is 384 g/mol. The van der Waals surface area contributed by atoms with Gasteiger partial charge in [0.15, 0.2) is 0 Å². The molecule has 5 rings (SSSR count). The van der Waals surface area contributed by atoms with Crippen LogP contribution in [0.25, 0.3) is 11.0 Å². The molecule has 1 aromatic carbocycles. The zero-order chi connectivity index (χ0) is 20.9. The number of pyridine rings is 3. The molecule has 4 heterocycles. The molecule has 150 valence electrons. The van der Waals surface area contributed by atoms with E-state index in [0.717, 1.165) is 45.6 Å². The highest BCUT2D eigenvalue weighted by molar-refractivity contribution is 5.79. The largest absolute Gasteiger partial charge is 0.340 e. The van der Waals surface area contributed by atoms with Crippen molar-refractivity contribution in [1.82, 2.24) is 24.9 Å². The molecule has 0 radical (unpaired) electrons. The van der Waals surface area contributed by atoms with Crippen molar-refractivity contribution in [2.75, 3.05) is 5.32 Å². The molecule has 0 fully saturated rings. The van der Waals surface area contributed by atoms with E-state index in [1.54, 1.807) is 31.0 Å². The van der Waals surface area contributed by atoms with Crippen LogP contribution in [0.3, 0.4) is 0 Å². The van der Waals surface area contributed by atoms with Crippen LogP contribution in [-0.2, 0) is 6.42 Å². The zero-order valence-electron chi connectivity index (χ0n) is 16.8. The van der Waals surface area contributed by atoms with Gasteiger partial charge in [-0.3, -0.25) is 19.9 Å². The van der Waals surface area contributed by atoms with E-state index in [2.05, 4.69) is 48.4 Å². The smallest absolute Gasteiger partial charge is 0.133 e. The van der Waals surface area contributed by atoms with Crippen LogP contribution in [-0.4, -0.2) is 24.9 Å². The molecule has 5 aromatic rings. The SMILES string of the molecule is c1cncc(C(Cc2cccnc2Nc2ccc3nccnc3c2)c2cccnc2)c1. The maximum Gasteiger partial charge on any atom is 0.133 e. The second-order valence-corrected chi connectivity index (χ2v) is 7.23. The summed E-state index contributed by atoms with van der Waals surface area (Å²) >= 11 is 0. The van der Waals surface area contributed by atoms with Crippen molar-refractivity contribution in [2.45, 2.75) is 12.3 Å². The van der Waals surface area contributed by atoms with E-state index in [-0.39, 0.29) is 5.92 Å². The summed E-state index contributed by atoms with van der Waals surface area (Å²) in [5, 5.41) is 3.46. The minimum Gasteiger partial charge on any atom is -0.340 e. The Morgan fingerprint density at radius 2 is 1.39 bits per heavy atom. The predicted octanol–water partition coefficient (Wildman–Crippen LogP) is 4.93. The fraction of sp³-hybridized carbons (Fsp3) is 0.0800. The van der Waals surface area contributed by atoms with E-state index in [1.807, 2.05) is 48.8 Å². The van der Waals surface area contributed by atoms with Crippen molar-refractivity contribution in [2.24, 2.45) is 0 Å². The molecule has 0 aliphatic heterocycles. The van der Waals surface area contributed by atoms with Crippen molar-refractivity contribution in [3.05, 3.63) is 115 Å². The molecule has 6 heteroatoms. The van der Waals surface area contributed by atoms with Crippen molar-refractivity contribution >= 4 is 22.5 Å². The predicted molar refractivity (Wildman–Crippen MR) is 121 cm³/mol. The van der Waals surface area contributed by atoms with Gasteiger partial charge < -0.3 is 5.32 Å². The summed E-state index contributed by atoms with van der Waals surface area (Å²) in [6.45, 7) is 0. The molecule has 0 spiro atoms.